The van der Waals surface area contributed by atoms with E-state index in [1.165, 1.54) is 24.2 Å². The third-order valence-electron chi connectivity index (χ3n) is 7.99. The van der Waals surface area contributed by atoms with Crippen molar-refractivity contribution in [1.29, 1.82) is 0 Å². The van der Waals surface area contributed by atoms with Crippen LogP contribution in [0.4, 0.5) is 5.95 Å². The zero-order valence-electron chi connectivity index (χ0n) is 17.7. The third-order valence-corrected chi connectivity index (χ3v) is 7.99. The Hall–Kier alpha value is -1.95. The van der Waals surface area contributed by atoms with E-state index in [0.717, 1.165) is 51.5 Å². The van der Waals surface area contributed by atoms with Crippen LogP contribution in [0, 0.1) is 17.3 Å². The van der Waals surface area contributed by atoms with Gasteiger partial charge in [-0.05, 0) is 50.5 Å². The molecule has 1 saturated carbocycles. The van der Waals surface area contributed by atoms with E-state index < -0.39 is 0 Å². The van der Waals surface area contributed by atoms with E-state index >= 15 is 0 Å². The number of rotatable bonds is 3. The van der Waals surface area contributed by atoms with E-state index in [1.807, 2.05) is 6.07 Å². The largest absolute Gasteiger partial charge is 0.462 e. The Morgan fingerprint density at radius 3 is 2.79 bits per heavy atom. The maximum Gasteiger partial charge on any atom is 0.315 e. The van der Waals surface area contributed by atoms with Crippen LogP contribution >= 0.6 is 0 Å². The second kappa shape index (κ2) is 7.38. The van der Waals surface area contributed by atoms with Gasteiger partial charge in [0.2, 0.25) is 5.95 Å². The van der Waals surface area contributed by atoms with Crippen LogP contribution in [0.15, 0.2) is 29.6 Å². The lowest BCUT2D eigenvalue weighted by Gasteiger charge is -2.45. The lowest BCUT2D eigenvalue weighted by atomic mass is 9.59. The molecule has 6 nitrogen and oxygen atoms in total. The summed E-state index contributed by atoms with van der Waals surface area (Å²) in [4.78, 5) is 25.3. The van der Waals surface area contributed by atoms with Crippen LogP contribution < -0.4 is 9.80 Å². The van der Waals surface area contributed by atoms with Crippen LogP contribution in [0.25, 0.3) is 0 Å². The number of ether oxygens (including phenoxy) is 1. The maximum atomic E-state index is 12.8. The molecule has 4 aliphatic rings. The zero-order chi connectivity index (χ0) is 20.0. The Labute approximate surface area is 173 Å². The molecular formula is C23H33N4O2+. The van der Waals surface area contributed by atoms with Crippen LogP contribution in [0.3, 0.4) is 0 Å². The lowest BCUT2D eigenvalue weighted by Crippen LogP contribution is -3.15. The minimum absolute atomic E-state index is 0.0568. The van der Waals surface area contributed by atoms with Gasteiger partial charge in [-0.25, -0.2) is 9.97 Å². The first-order valence-electron chi connectivity index (χ1n) is 11.3. The molecule has 1 aromatic heterocycles. The molecule has 3 heterocycles. The SMILES string of the molecule is CC1=C2C[C@@H]3[C@H](C[NH+]4CCN(c5ncccn5)CC4)C(=O)O[C@@H]3C[C@@]2(C)CCC1. The Balaban J connectivity index is 1.25. The van der Waals surface area contributed by atoms with Gasteiger partial charge in [-0.15, -0.1) is 0 Å². The first-order valence-corrected chi connectivity index (χ1v) is 11.3. The number of quaternary nitrogens is 1. The molecule has 4 atom stereocenters. The monoisotopic (exact) mass is 397 g/mol. The van der Waals surface area contributed by atoms with Gasteiger partial charge < -0.3 is 14.5 Å². The van der Waals surface area contributed by atoms with Crippen molar-refractivity contribution in [2.24, 2.45) is 17.3 Å². The first-order chi connectivity index (χ1) is 14.0. The molecule has 0 amide bonds. The van der Waals surface area contributed by atoms with Crippen LogP contribution in [0.2, 0.25) is 0 Å². The molecule has 1 aromatic rings. The van der Waals surface area contributed by atoms with E-state index in [2.05, 4.69) is 28.7 Å². The Bertz CT molecular complexity index is 802. The molecule has 0 bridgehead atoms. The Kier molecular flexibility index (Phi) is 4.85. The summed E-state index contributed by atoms with van der Waals surface area (Å²) in [5, 5.41) is 0. The molecule has 1 N–H and O–H groups in total. The zero-order valence-corrected chi connectivity index (χ0v) is 17.7. The number of carbonyl (C=O) groups is 1. The predicted octanol–water partition coefficient (Wildman–Crippen LogP) is 1.64. The highest BCUT2D eigenvalue weighted by Crippen LogP contribution is 2.54. The van der Waals surface area contributed by atoms with E-state index in [9.17, 15) is 4.79 Å². The smallest absolute Gasteiger partial charge is 0.315 e. The van der Waals surface area contributed by atoms with Gasteiger partial charge in [0.05, 0.1) is 32.7 Å². The fourth-order valence-electron chi connectivity index (χ4n) is 6.34. The standard InChI is InChI=1S/C23H32N4O2/c1-16-5-3-6-23(2)14-20-17(13-19(16)23)18(21(28)29-20)15-26-9-11-27(12-10-26)22-24-7-4-8-25-22/h4,7-8,17-18,20H,3,5-6,9-15H2,1-2H3/p+1/t17-,18+,20-,23-/m1/s1. The van der Waals surface area contributed by atoms with E-state index in [0.29, 0.717) is 5.92 Å². The number of esters is 1. The summed E-state index contributed by atoms with van der Waals surface area (Å²) in [5.74, 6) is 1.31. The number of fused-ring (bicyclic) bond motifs is 2. The van der Waals surface area contributed by atoms with Gasteiger partial charge in [0.25, 0.3) is 0 Å². The Morgan fingerprint density at radius 2 is 2.03 bits per heavy atom. The molecule has 29 heavy (non-hydrogen) atoms. The van der Waals surface area contributed by atoms with E-state index in [4.69, 9.17) is 4.74 Å². The van der Waals surface area contributed by atoms with Gasteiger partial charge in [0, 0.05) is 18.3 Å². The van der Waals surface area contributed by atoms with Crippen LogP contribution in [0.1, 0.15) is 46.0 Å². The molecule has 0 radical (unpaired) electrons. The van der Waals surface area contributed by atoms with E-state index in [-0.39, 0.29) is 23.4 Å². The summed E-state index contributed by atoms with van der Waals surface area (Å²) in [7, 11) is 0. The van der Waals surface area contributed by atoms with Gasteiger partial charge in [0.1, 0.15) is 12.0 Å². The molecule has 0 aromatic carbocycles. The number of nitrogens with one attached hydrogen (secondary N) is 1. The number of hydrogen-bond acceptors (Lipinski definition) is 5. The van der Waals surface area contributed by atoms with E-state index in [1.54, 1.807) is 23.5 Å². The highest BCUT2D eigenvalue weighted by atomic mass is 16.6. The highest BCUT2D eigenvalue weighted by Gasteiger charge is 2.54. The quantitative estimate of drug-likeness (QED) is 0.621. The fraction of sp³-hybridized carbons (Fsp3) is 0.696. The number of anilines is 1. The van der Waals surface area contributed by atoms with Crippen molar-refractivity contribution >= 4 is 11.9 Å². The van der Waals surface area contributed by atoms with Crippen molar-refractivity contribution in [3.8, 4) is 0 Å². The van der Waals surface area contributed by atoms with Crippen molar-refractivity contribution < 1.29 is 14.4 Å². The number of hydrogen-bond donors (Lipinski definition) is 1. The Morgan fingerprint density at radius 1 is 1.28 bits per heavy atom. The molecule has 6 heteroatoms. The van der Waals surface area contributed by atoms with Gasteiger partial charge in [0.15, 0.2) is 0 Å². The summed E-state index contributed by atoms with van der Waals surface area (Å²) in [6, 6.07) is 1.85. The first kappa shape index (κ1) is 19.0. The fourth-order valence-corrected chi connectivity index (χ4v) is 6.34. The van der Waals surface area contributed by atoms with Crippen molar-refractivity contribution in [2.45, 2.75) is 52.1 Å². The summed E-state index contributed by atoms with van der Waals surface area (Å²) in [6.07, 6.45) is 9.59. The number of nitrogens with zero attached hydrogens (tertiary/aromatic N) is 3. The lowest BCUT2D eigenvalue weighted by molar-refractivity contribution is -0.903. The van der Waals surface area contributed by atoms with Crippen LogP contribution in [-0.2, 0) is 9.53 Å². The van der Waals surface area contributed by atoms with Crippen molar-refractivity contribution in [2.75, 3.05) is 37.6 Å². The maximum absolute atomic E-state index is 12.8. The van der Waals surface area contributed by atoms with Crippen molar-refractivity contribution in [3.05, 3.63) is 29.6 Å². The highest BCUT2D eigenvalue weighted by molar-refractivity contribution is 5.75. The number of piperazine rings is 1. The van der Waals surface area contributed by atoms with Gasteiger partial charge in [-0.2, -0.15) is 0 Å². The normalized spacial score (nSPS) is 35.3. The van der Waals surface area contributed by atoms with Crippen LogP contribution in [-0.4, -0.2) is 54.8 Å². The molecule has 2 saturated heterocycles. The van der Waals surface area contributed by atoms with Gasteiger partial charge in [-0.3, -0.25) is 4.79 Å². The molecule has 2 aliphatic carbocycles. The minimum Gasteiger partial charge on any atom is -0.462 e. The number of aromatic nitrogens is 2. The van der Waals surface area contributed by atoms with Crippen molar-refractivity contribution in [3.63, 3.8) is 0 Å². The summed E-state index contributed by atoms with van der Waals surface area (Å²) >= 11 is 0. The third kappa shape index (κ3) is 3.45. The summed E-state index contributed by atoms with van der Waals surface area (Å²) in [6.45, 7) is 9.56. The molecule has 0 unspecified atom stereocenters. The topological polar surface area (TPSA) is 59.8 Å². The number of allylic oxidation sites excluding steroid dienone is 2. The second-order valence-corrected chi connectivity index (χ2v) is 9.82. The average Bonchev–Trinajstić information content (AvgIpc) is 3.01. The molecular weight excluding hydrogens is 364 g/mol. The second-order valence-electron chi connectivity index (χ2n) is 9.82. The van der Waals surface area contributed by atoms with Gasteiger partial charge in [-0.1, -0.05) is 18.1 Å². The molecule has 2 aliphatic heterocycles. The molecule has 156 valence electrons. The van der Waals surface area contributed by atoms with Crippen molar-refractivity contribution in [1.82, 2.24) is 9.97 Å². The summed E-state index contributed by atoms with van der Waals surface area (Å²) < 4.78 is 5.95. The summed E-state index contributed by atoms with van der Waals surface area (Å²) in [5.41, 5.74) is 3.49. The number of carbonyl (C=O) groups excluding carboxylic acids is 1. The van der Waals surface area contributed by atoms with Gasteiger partial charge >= 0.3 is 5.97 Å². The molecule has 0 spiro atoms. The molecule has 5 rings (SSSR count). The van der Waals surface area contributed by atoms with Crippen LogP contribution in [0.5, 0.6) is 0 Å². The molecule has 3 fully saturated rings. The average molecular weight is 398 g/mol. The predicted molar refractivity (Wildman–Crippen MR) is 111 cm³/mol. The minimum atomic E-state index is 0.0568.